The van der Waals surface area contributed by atoms with Gasteiger partial charge in [-0.05, 0) is 42.0 Å². The number of benzene rings is 2. The van der Waals surface area contributed by atoms with Gasteiger partial charge in [0.1, 0.15) is 0 Å². The van der Waals surface area contributed by atoms with E-state index in [1.54, 1.807) is 36.4 Å². The number of nitrogens with zero attached hydrogens (tertiary/aromatic N) is 1. The maximum absolute atomic E-state index is 11.7. The number of fused-ring (bicyclic) bond motifs is 1. The van der Waals surface area contributed by atoms with Crippen molar-refractivity contribution in [2.75, 3.05) is 12.1 Å². The molecule has 3 rings (SSSR count). The summed E-state index contributed by atoms with van der Waals surface area (Å²) in [5.74, 6) is 1.36. The van der Waals surface area contributed by atoms with E-state index in [-0.39, 0.29) is 6.79 Å². The number of ether oxygens (including phenoxy) is 2. The maximum atomic E-state index is 11.7. The quantitative estimate of drug-likeness (QED) is 0.674. The number of carbonyl (C=O) groups excluding carboxylic acids is 1. The van der Waals surface area contributed by atoms with Crippen LogP contribution in [0.25, 0.3) is 0 Å². The van der Waals surface area contributed by atoms with Crippen LogP contribution in [0.2, 0.25) is 5.02 Å². The molecule has 0 fully saturated rings. The van der Waals surface area contributed by atoms with Crippen molar-refractivity contribution in [3.63, 3.8) is 0 Å². The third-order valence-corrected chi connectivity index (χ3v) is 3.09. The molecular formula is C15H12ClN3O3. The SMILES string of the molecule is O=C(NN=Cc1ccc2c(c1)OCO2)Nc1cccc(Cl)c1. The largest absolute Gasteiger partial charge is 0.454 e. The zero-order valence-electron chi connectivity index (χ0n) is 11.4. The zero-order valence-corrected chi connectivity index (χ0v) is 12.1. The molecule has 1 heterocycles. The minimum absolute atomic E-state index is 0.218. The molecule has 0 saturated carbocycles. The second kappa shape index (κ2) is 6.36. The molecule has 0 atom stereocenters. The summed E-state index contributed by atoms with van der Waals surface area (Å²) in [5, 5.41) is 7.03. The van der Waals surface area contributed by atoms with E-state index in [2.05, 4.69) is 15.8 Å². The number of nitrogens with one attached hydrogen (secondary N) is 2. The van der Waals surface area contributed by atoms with Crippen LogP contribution in [0.15, 0.2) is 47.6 Å². The number of amides is 2. The predicted octanol–water partition coefficient (Wildman–Crippen LogP) is 3.22. The molecule has 0 radical (unpaired) electrons. The number of hydrazone groups is 1. The summed E-state index contributed by atoms with van der Waals surface area (Å²) in [6.07, 6.45) is 1.51. The Hall–Kier alpha value is -2.73. The Morgan fingerprint density at radius 2 is 2.05 bits per heavy atom. The highest BCUT2D eigenvalue weighted by Crippen LogP contribution is 2.31. The predicted molar refractivity (Wildman–Crippen MR) is 83.8 cm³/mol. The molecular weight excluding hydrogens is 306 g/mol. The van der Waals surface area contributed by atoms with Gasteiger partial charge in [0, 0.05) is 10.7 Å². The molecule has 2 N–H and O–H groups in total. The minimum atomic E-state index is -0.459. The Labute approximate surface area is 131 Å². The van der Waals surface area contributed by atoms with Crippen LogP contribution in [0.3, 0.4) is 0 Å². The lowest BCUT2D eigenvalue weighted by Crippen LogP contribution is -2.24. The van der Waals surface area contributed by atoms with Crippen LogP contribution in [0.5, 0.6) is 11.5 Å². The smallest absolute Gasteiger partial charge is 0.339 e. The number of carbonyl (C=O) groups is 1. The van der Waals surface area contributed by atoms with Crippen molar-refractivity contribution in [1.82, 2.24) is 5.43 Å². The first-order valence-corrected chi connectivity index (χ1v) is 6.84. The fraction of sp³-hybridized carbons (Fsp3) is 0.0667. The monoisotopic (exact) mass is 317 g/mol. The van der Waals surface area contributed by atoms with Gasteiger partial charge in [-0.2, -0.15) is 5.10 Å². The maximum Gasteiger partial charge on any atom is 0.339 e. The van der Waals surface area contributed by atoms with Crippen molar-refractivity contribution < 1.29 is 14.3 Å². The summed E-state index contributed by atoms with van der Waals surface area (Å²) in [6, 6.07) is 11.8. The van der Waals surface area contributed by atoms with Gasteiger partial charge in [0.25, 0.3) is 0 Å². The molecule has 2 aromatic rings. The molecule has 1 aliphatic rings. The van der Waals surface area contributed by atoms with Crippen LogP contribution in [0.4, 0.5) is 10.5 Å². The van der Waals surface area contributed by atoms with E-state index in [1.807, 2.05) is 6.07 Å². The van der Waals surface area contributed by atoms with E-state index in [1.165, 1.54) is 6.21 Å². The Morgan fingerprint density at radius 3 is 2.91 bits per heavy atom. The van der Waals surface area contributed by atoms with Gasteiger partial charge < -0.3 is 14.8 Å². The van der Waals surface area contributed by atoms with Gasteiger partial charge in [-0.3, -0.25) is 0 Å². The normalized spacial score (nSPS) is 12.4. The fourth-order valence-electron chi connectivity index (χ4n) is 1.88. The van der Waals surface area contributed by atoms with Crippen molar-refractivity contribution in [1.29, 1.82) is 0 Å². The Kier molecular flexibility index (Phi) is 4.11. The van der Waals surface area contributed by atoms with E-state index in [4.69, 9.17) is 21.1 Å². The molecule has 0 saturated heterocycles. The molecule has 22 heavy (non-hydrogen) atoms. The molecule has 2 amide bonds. The molecule has 0 aliphatic carbocycles. The molecule has 1 aliphatic heterocycles. The van der Waals surface area contributed by atoms with Crippen molar-refractivity contribution >= 4 is 29.5 Å². The first kappa shape index (κ1) is 14.2. The van der Waals surface area contributed by atoms with Gasteiger partial charge in [-0.15, -0.1) is 0 Å². The summed E-state index contributed by atoms with van der Waals surface area (Å²) in [7, 11) is 0. The van der Waals surface area contributed by atoms with E-state index in [0.29, 0.717) is 22.2 Å². The van der Waals surface area contributed by atoms with Crippen molar-refractivity contribution in [2.24, 2.45) is 5.10 Å². The summed E-state index contributed by atoms with van der Waals surface area (Å²) in [6.45, 7) is 0.218. The van der Waals surface area contributed by atoms with Crippen LogP contribution in [-0.4, -0.2) is 19.0 Å². The lowest BCUT2D eigenvalue weighted by Gasteiger charge is -2.04. The van der Waals surface area contributed by atoms with Gasteiger partial charge in [-0.25, -0.2) is 10.2 Å². The van der Waals surface area contributed by atoms with Crippen molar-refractivity contribution in [3.05, 3.63) is 53.1 Å². The summed E-state index contributed by atoms with van der Waals surface area (Å²) < 4.78 is 10.5. The Balaban J connectivity index is 1.56. The van der Waals surface area contributed by atoms with Gasteiger partial charge in [-0.1, -0.05) is 17.7 Å². The zero-order chi connectivity index (χ0) is 15.4. The van der Waals surface area contributed by atoms with E-state index in [9.17, 15) is 4.79 Å². The molecule has 6 nitrogen and oxygen atoms in total. The number of hydrogen-bond donors (Lipinski definition) is 2. The number of halogens is 1. The molecule has 112 valence electrons. The third-order valence-electron chi connectivity index (χ3n) is 2.86. The van der Waals surface area contributed by atoms with E-state index >= 15 is 0 Å². The van der Waals surface area contributed by atoms with Crippen LogP contribution in [0.1, 0.15) is 5.56 Å². The van der Waals surface area contributed by atoms with Gasteiger partial charge in [0.05, 0.1) is 6.21 Å². The molecule has 7 heteroatoms. The summed E-state index contributed by atoms with van der Waals surface area (Å²) in [5.41, 5.74) is 3.74. The Morgan fingerprint density at radius 1 is 1.18 bits per heavy atom. The number of hydrogen-bond acceptors (Lipinski definition) is 4. The van der Waals surface area contributed by atoms with E-state index in [0.717, 1.165) is 5.56 Å². The summed E-state index contributed by atoms with van der Waals surface area (Å²) in [4.78, 5) is 11.7. The van der Waals surface area contributed by atoms with Crippen LogP contribution in [-0.2, 0) is 0 Å². The van der Waals surface area contributed by atoms with Crippen LogP contribution < -0.4 is 20.2 Å². The molecule has 0 unspecified atom stereocenters. The van der Waals surface area contributed by atoms with Crippen molar-refractivity contribution in [2.45, 2.75) is 0 Å². The molecule has 0 bridgehead atoms. The minimum Gasteiger partial charge on any atom is -0.454 e. The van der Waals surface area contributed by atoms with Gasteiger partial charge in [0.15, 0.2) is 11.5 Å². The average molecular weight is 318 g/mol. The third kappa shape index (κ3) is 3.48. The fourth-order valence-corrected chi connectivity index (χ4v) is 2.07. The first-order valence-electron chi connectivity index (χ1n) is 6.46. The topological polar surface area (TPSA) is 72.0 Å². The molecule has 0 aromatic heterocycles. The second-order valence-corrected chi connectivity index (χ2v) is 4.88. The standard InChI is InChI=1S/C15H12ClN3O3/c16-11-2-1-3-12(7-11)18-15(20)19-17-8-10-4-5-13-14(6-10)22-9-21-13/h1-8H,9H2,(H2,18,19,20). The van der Waals surface area contributed by atoms with Gasteiger partial charge in [0.2, 0.25) is 6.79 Å². The lowest BCUT2D eigenvalue weighted by atomic mass is 10.2. The lowest BCUT2D eigenvalue weighted by molar-refractivity contribution is 0.174. The van der Waals surface area contributed by atoms with Crippen LogP contribution >= 0.6 is 11.6 Å². The van der Waals surface area contributed by atoms with Crippen molar-refractivity contribution in [3.8, 4) is 11.5 Å². The molecule has 0 spiro atoms. The number of anilines is 1. The first-order chi connectivity index (χ1) is 10.7. The average Bonchev–Trinajstić information content (AvgIpc) is 2.95. The highest BCUT2D eigenvalue weighted by molar-refractivity contribution is 6.30. The number of urea groups is 1. The number of rotatable bonds is 3. The highest BCUT2D eigenvalue weighted by atomic mass is 35.5. The summed E-state index contributed by atoms with van der Waals surface area (Å²) >= 11 is 5.84. The second-order valence-electron chi connectivity index (χ2n) is 4.45. The van der Waals surface area contributed by atoms with E-state index < -0.39 is 6.03 Å². The highest BCUT2D eigenvalue weighted by Gasteiger charge is 2.12. The molecule has 2 aromatic carbocycles. The van der Waals surface area contributed by atoms with Gasteiger partial charge >= 0.3 is 6.03 Å². The Bertz CT molecular complexity index is 734. The van der Waals surface area contributed by atoms with Crippen LogP contribution in [0, 0.1) is 0 Å².